The number of hydrogen-bond acceptors (Lipinski definition) is 8. The summed E-state index contributed by atoms with van der Waals surface area (Å²) in [6, 6.07) is 0. The van der Waals surface area contributed by atoms with Crippen LogP contribution in [0, 0.1) is 0 Å². The molecular weight excluding hydrogens is 896 g/mol. The van der Waals surface area contributed by atoms with Crippen molar-refractivity contribution < 1.29 is 76.5 Å². The number of carbonyl (C=O) groups excluding carboxylic acids is 4. The third-order valence-corrected chi connectivity index (χ3v) is 12.4. The number of hydrogen-bond donors (Lipinski definition) is 0. The maximum atomic E-state index is 12.9. The van der Waals surface area contributed by atoms with Gasteiger partial charge >= 0.3 is 23.9 Å². The van der Waals surface area contributed by atoms with E-state index in [-0.39, 0.29) is 53.3 Å². The highest BCUT2D eigenvalue weighted by Crippen LogP contribution is 2.18. The van der Waals surface area contributed by atoms with Crippen molar-refractivity contribution in [1.82, 2.24) is 0 Å². The second-order valence-corrected chi connectivity index (χ2v) is 19.8. The minimum Gasteiger partial charge on any atom is -1.00 e. The van der Waals surface area contributed by atoms with E-state index in [1.165, 1.54) is 162 Å². The van der Waals surface area contributed by atoms with Gasteiger partial charge in [-0.2, -0.15) is 0 Å². The van der Waals surface area contributed by atoms with E-state index in [2.05, 4.69) is 35.1 Å². The lowest BCUT2D eigenvalue weighted by Crippen LogP contribution is -3.00. The van der Waals surface area contributed by atoms with Crippen LogP contribution in [0.5, 0.6) is 0 Å². The molecule has 0 aliphatic heterocycles. The quantitative estimate of drug-likeness (QED) is 0.0212. The zero-order chi connectivity index (χ0) is 46.0. The Morgan fingerprint density at radius 1 is 0.391 bits per heavy atom. The van der Waals surface area contributed by atoms with E-state index in [1.54, 1.807) is 0 Å². The Bertz CT molecular complexity index is 1030. The first kappa shape index (κ1) is 66.8. The molecule has 10 nitrogen and oxygen atoms in total. The fourth-order valence-corrected chi connectivity index (χ4v) is 8.07. The third kappa shape index (κ3) is 50.0. The molecule has 0 aliphatic carbocycles. The number of esters is 4. The number of halogens is 2. The highest BCUT2D eigenvalue weighted by molar-refractivity contribution is 5.71. The summed E-state index contributed by atoms with van der Waals surface area (Å²) in [4.78, 5) is 47.7. The highest BCUT2D eigenvalue weighted by Gasteiger charge is 2.19. The maximum absolute atomic E-state index is 12.9. The van der Waals surface area contributed by atoms with Gasteiger partial charge in [0.1, 0.15) is 26.3 Å². The van der Waals surface area contributed by atoms with Crippen LogP contribution in [0.4, 0.5) is 0 Å². The largest absolute Gasteiger partial charge is 1.00 e. The molecule has 0 heterocycles. The minimum absolute atomic E-state index is 0. The number of ether oxygens (including phenoxy) is 4. The van der Waals surface area contributed by atoms with Gasteiger partial charge in [0.25, 0.3) is 0 Å². The molecule has 0 atom stereocenters. The van der Waals surface area contributed by atoms with Crippen LogP contribution < -0.4 is 29.4 Å². The number of likely N-dealkylation sites (N-methyl/N-ethyl adjacent to an activating group) is 2. The summed E-state index contributed by atoms with van der Waals surface area (Å²) < 4.78 is 23.5. The number of unbranched alkanes of at least 4 members (excludes halogenated alkanes) is 28. The van der Waals surface area contributed by atoms with Gasteiger partial charge in [0.05, 0.1) is 41.3 Å². The van der Waals surface area contributed by atoms with E-state index >= 15 is 0 Å². The molecule has 64 heavy (non-hydrogen) atoms. The van der Waals surface area contributed by atoms with Gasteiger partial charge in [-0.1, -0.05) is 161 Å². The first-order chi connectivity index (χ1) is 29.8. The van der Waals surface area contributed by atoms with Crippen LogP contribution in [0.15, 0.2) is 0 Å². The smallest absolute Gasteiger partial charge is 0.308 e. The summed E-state index contributed by atoms with van der Waals surface area (Å²) in [6.07, 6.45) is 37.8. The lowest BCUT2D eigenvalue weighted by Gasteiger charge is -2.29. The molecule has 0 fully saturated rings. The number of nitrogens with zero attached hydrogens (tertiary/aromatic N) is 2. The van der Waals surface area contributed by atoms with Crippen LogP contribution in [0.2, 0.25) is 0 Å². The summed E-state index contributed by atoms with van der Waals surface area (Å²) in [6.45, 7) is 10.1. The first-order valence-corrected chi connectivity index (χ1v) is 26.1. The van der Waals surface area contributed by atoms with Crippen molar-refractivity contribution in [2.75, 3.05) is 67.6 Å². The molecule has 0 aromatic carbocycles. The Kier molecular flexibility index (Phi) is 48.7. The summed E-state index contributed by atoms with van der Waals surface area (Å²) >= 11 is 0. The van der Waals surface area contributed by atoms with Crippen LogP contribution in [0.3, 0.4) is 0 Å². The van der Waals surface area contributed by atoms with E-state index in [0.29, 0.717) is 32.5 Å². The molecule has 0 saturated carbocycles. The SMILES string of the molecule is CCCCCCCCCCCCCCCC(OC(=O)CCCCCCCCCCC[N+](C)(C)CCOC(C)=O)OC(=O)CCCCCCCCCCC[N+](C)(C)CCOC(C)=O.[Br-].[Cl-]. The Labute approximate surface area is 411 Å². The topological polar surface area (TPSA) is 105 Å². The lowest BCUT2D eigenvalue weighted by atomic mass is 10.0. The molecule has 0 aromatic heterocycles. The normalized spacial score (nSPS) is 11.5. The maximum Gasteiger partial charge on any atom is 0.308 e. The molecule has 0 spiro atoms. The molecule has 0 aromatic rings. The van der Waals surface area contributed by atoms with E-state index in [1.807, 2.05) is 0 Å². The zero-order valence-corrected chi connectivity index (χ0v) is 45.1. The van der Waals surface area contributed by atoms with E-state index in [0.717, 1.165) is 86.5 Å². The highest BCUT2D eigenvalue weighted by atomic mass is 79.9. The van der Waals surface area contributed by atoms with Crippen LogP contribution >= 0.6 is 0 Å². The van der Waals surface area contributed by atoms with Crippen molar-refractivity contribution in [1.29, 1.82) is 0 Å². The zero-order valence-electron chi connectivity index (χ0n) is 42.8. The van der Waals surface area contributed by atoms with Gasteiger partial charge in [0, 0.05) is 33.1 Å². The lowest BCUT2D eigenvalue weighted by molar-refractivity contribution is -0.890. The molecule has 0 amide bonds. The van der Waals surface area contributed by atoms with Crippen molar-refractivity contribution in [3.63, 3.8) is 0 Å². The molecule has 0 N–H and O–H groups in total. The molecular formula is C52H102BrClN2O8. The third-order valence-electron chi connectivity index (χ3n) is 12.4. The van der Waals surface area contributed by atoms with Crippen molar-refractivity contribution >= 4 is 23.9 Å². The van der Waals surface area contributed by atoms with Crippen molar-refractivity contribution in [2.24, 2.45) is 0 Å². The molecule has 12 heteroatoms. The molecule has 382 valence electrons. The summed E-state index contributed by atoms with van der Waals surface area (Å²) in [5.41, 5.74) is 0. The van der Waals surface area contributed by atoms with Gasteiger partial charge in [0.2, 0.25) is 6.29 Å². The Morgan fingerprint density at radius 2 is 0.656 bits per heavy atom. The number of carbonyl (C=O) groups is 4. The van der Waals surface area contributed by atoms with Gasteiger partial charge in [-0.3, -0.25) is 19.2 Å². The Balaban J connectivity index is -0.0000186. The minimum atomic E-state index is -0.765. The van der Waals surface area contributed by atoms with Gasteiger partial charge in [-0.05, 0) is 44.9 Å². The summed E-state index contributed by atoms with van der Waals surface area (Å²) in [5.74, 6) is -0.899. The van der Waals surface area contributed by atoms with Crippen molar-refractivity contribution in [3.8, 4) is 0 Å². The standard InChI is InChI=1S/C52H102N2O8.BrH.ClH/c1-8-9-10-11-12-13-14-15-16-21-26-31-36-41-52(61-50(57)39-34-29-24-19-17-22-27-32-37-42-53(4,5)44-46-59-48(2)55)62-51(58)40-35-30-25-20-18-23-28-33-38-43-54(6,7)45-47-60-49(3)56;;/h52H,8-47H2,1-7H3;2*1H/q+2;;/p-2. The summed E-state index contributed by atoms with van der Waals surface area (Å²) in [5, 5.41) is 0. The molecule has 0 saturated heterocycles. The molecule has 0 aliphatic rings. The van der Waals surface area contributed by atoms with Gasteiger partial charge in [0.15, 0.2) is 0 Å². The monoisotopic (exact) mass is 997 g/mol. The second kappa shape index (κ2) is 46.7. The summed E-state index contributed by atoms with van der Waals surface area (Å²) in [7, 11) is 8.79. The second-order valence-electron chi connectivity index (χ2n) is 19.8. The van der Waals surface area contributed by atoms with Crippen LogP contribution in [-0.4, -0.2) is 107 Å². The fraction of sp³-hybridized carbons (Fsp3) is 0.923. The van der Waals surface area contributed by atoms with Crippen LogP contribution in [0.25, 0.3) is 0 Å². The Hall–Kier alpha value is -1.43. The molecule has 0 unspecified atom stereocenters. The Morgan fingerprint density at radius 3 is 0.953 bits per heavy atom. The predicted molar refractivity (Wildman–Crippen MR) is 256 cm³/mol. The number of quaternary nitrogens is 2. The average molecular weight is 999 g/mol. The van der Waals surface area contributed by atoms with Gasteiger partial charge in [-0.15, -0.1) is 0 Å². The molecule has 0 radical (unpaired) electrons. The van der Waals surface area contributed by atoms with Gasteiger partial charge in [-0.25, -0.2) is 0 Å². The predicted octanol–water partition coefficient (Wildman–Crippen LogP) is 6.97. The van der Waals surface area contributed by atoms with E-state index in [4.69, 9.17) is 18.9 Å². The fourth-order valence-electron chi connectivity index (χ4n) is 8.07. The molecule has 0 rings (SSSR count). The van der Waals surface area contributed by atoms with E-state index < -0.39 is 6.29 Å². The van der Waals surface area contributed by atoms with Crippen LogP contribution in [0.1, 0.15) is 239 Å². The first-order valence-electron chi connectivity index (χ1n) is 26.1. The van der Waals surface area contributed by atoms with E-state index in [9.17, 15) is 19.2 Å². The van der Waals surface area contributed by atoms with Crippen molar-refractivity contribution in [3.05, 3.63) is 0 Å². The van der Waals surface area contributed by atoms with Gasteiger partial charge < -0.3 is 57.3 Å². The average Bonchev–Trinajstić information content (AvgIpc) is 3.20. The van der Waals surface area contributed by atoms with Crippen molar-refractivity contribution in [2.45, 2.75) is 245 Å². The molecule has 0 bridgehead atoms. The van der Waals surface area contributed by atoms with Crippen LogP contribution in [-0.2, 0) is 38.1 Å². The number of rotatable bonds is 46.